The van der Waals surface area contributed by atoms with Crippen LogP contribution in [0.25, 0.3) is 0 Å². The number of guanidine groups is 1. The topological polar surface area (TPSA) is 73.8 Å². The van der Waals surface area contributed by atoms with Gasteiger partial charge in [-0.15, -0.1) is 24.0 Å². The zero-order chi connectivity index (χ0) is 20.9. The highest BCUT2D eigenvalue weighted by Gasteiger charge is 2.33. The highest BCUT2D eigenvalue weighted by Crippen LogP contribution is 2.34. The molecule has 0 radical (unpaired) electrons. The molecule has 2 aliphatic carbocycles. The van der Waals surface area contributed by atoms with Gasteiger partial charge in [0.1, 0.15) is 5.82 Å². The Bertz CT molecular complexity index is 826. The lowest BCUT2D eigenvalue weighted by Crippen LogP contribution is -2.42. The van der Waals surface area contributed by atoms with Crippen molar-refractivity contribution < 1.29 is 12.8 Å². The molecule has 0 aliphatic heterocycles. The van der Waals surface area contributed by atoms with Gasteiger partial charge >= 0.3 is 0 Å². The van der Waals surface area contributed by atoms with Crippen molar-refractivity contribution in [3.63, 3.8) is 0 Å². The first-order chi connectivity index (χ1) is 13.8. The van der Waals surface area contributed by atoms with E-state index < -0.39 is 9.84 Å². The van der Waals surface area contributed by atoms with Gasteiger partial charge in [-0.1, -0.05) is 6.07 Å². The normalized spacial score (nSPS) is 17.0. The Kier molecular flexibility index (Phi) is 9.80. The molecule has 170 valence electrons. The molecule has 1 aromatic rings. The van der Waals surface area contributed by atoms with E-state index >= 15 is 0 Å². The summed E-state index contributed by atoms with van der Waals surface area (Å²) >= 11 is 0. The summed E-state index contributed by atoms with van der Waals surface area (Å²) in [6, 6.07) is 4.96. The van der Waals surface area contributed by atoms with Crippen LogP contribution in [0.2, 0.25) is 0 Å². The molecule has 0 saturated heterocycles. The van der Waals surface area contributed by atoms with E-state index in [-0.39, 0.29) is 42.1 Å². The lowest BCUT2D eigenvalue weighted by molar-refractivity contribution is 0.256. The quantitative estimate of drug-likeness (QED) is 0.251. The first-order valence-electron chi connectivity index (χ1n) is 10.6. The minimum Gasteiger partial charge on any atom is -0.357 e. The van der Waals surface area contributed by atoms with Crippen LogP contribution in [0.4, 0.5) is 4.39 Å². The second-order valence-corrected chi connectivity index (χ2v) is 10.4. The number of benzene rings is 1. The third-order valence-electron chi connectivity index (χ3n) is 5.28. The lowest BCUT2D eigenvalue weighted by atomic mass is 10.1. The van der Waals surface area contributed by atoms with E-state index in [0.29, 0.717) is 17.1 Å². The van der Waals surface area contributed by atoms with Crippen LogP contribution in [-0.2, 0) is 22.1 Å². The molecule has 2 N–H and O–H groups in total. The molecule has 2 saturated carbocycles. The van der Waals surface area contributed by atoms with Crippen LogP contribution in [0.1, 0.15) is 43.7 Å². The summed E-state index contributed by atoms with van der Waals surface area (Å²) in [6.45, 7) is 5.95. The fraction of sp³-hybridized carbons (Fsp3) is 0.667. The fourth-order valence-corrected chi connectivity index (χ4v) is 4.33. The van der Waals surface area contributed by atoms with Crippen LogP contribution in [0.3, 0.4) is 0 Å². The molecule has 9 heteroatoms. The van der Waals surface area contributed by atoms with Crippen LogP contribution in [0.5, 0.6) is 0 Å². The average molecular weight is 552 g/mol. The minimum atomic E-state index is -3.20. The van der Waals surface area contributed by atoms with Crippen molar-refractivity contribution in [3.05, 3.63) is 35.1 Å². The zero-order valence-corrected chi connectivity index (χ0v) is 21.0. The number of hydrogen-bond donors (Lipinski definition) is 2. The number of rotatable bonds is 11. The molecule has 0 bridgehead atoms. The zero-order valence-electron chi connectivity index (χ0n) is 17.9. The smallest absolute Gasteiger partial charge is 0.191 e. The predicted molar refractivity (Wildman–Crippen MR) is 131 cm³/mol. The Labute approximate surface area is 197 Å². The third-order valence-corrected chi connectivity index (χ3v) is 6.12. The molecule has 0 amide bonds. The van der Waals surface area contributed by atoms with Gasteiger partial charge in [0.15, 0.2) is 15.8 Å². The van der Waals surface area contributed by atoms with Crippen molar-refractivity contribution in [2.45, 2.75) is 50.9 Å². The van der Waals surface area contributed by atoms with Crippen LogP contribution >= 0.6 is 24.0 Å². The number of halogens is 2. The van der Waals surface area contributed by atoms with E-state index in [4.69, 9.17) is 0 Å². The molecule has 0 atom stereocenters. The second-order valence-electron chi connectivity index (χ2n) is 8.27. The maximum atomic E-state index is 13.7. The fourth-order valence-electron chi connectivity index (χ4n) is 3.48. The molecule has 1 aromatic carbocycles. The molecule has 0 aromatic heterocycles. The van der Waals surface area contributed by atoms with Gasteiger partial charge in [0.2, 0.25) is 0 Å². The summed E-state index contributed by atoms with van der Waals surface area (Å²) in [4.78, 5) is 7.15. The van der Waals surface area contributed by atoms with E-state index in [0.717, 1.165) is 31.6 Å². The van der Waals surface area contributed by atoms with Crippen molar-refractivity contribution in [3.8, 4) is 0 Å². The van der Waals surface area contributed by atoms with E-state index in [2.05, 4.69) is 20.5 Å². The van der Waals surface area contributed by atoms with Crippen molar-refractivity contribution in [2.75, 3.05) is 32.4 Å². The highest BCUT2D eigenvalue weighted by molar-refractivity contribution is 14.0. The van der Waals surface area contributed by atoms with Gasteiger partial charge in [0.25, 0.3) is 0 Å². The van der Waals surface area contributed by atoms with E-state index in [1.54, 1.807) is 0 Å². The van der Waals surface area contributed by atoms with E-state index in [1.165, 1.54) is 56.7 Å². The molecular weight excluding hydrogens is 518 g/mol. The number of nitrogens with zero attached hydrogens (tertiary/aromatic N) is 2. The molecule has 2 fully saturated rings. The third kappa shape index (κ3) is 9.05. The Balaban J connectivity index is 0.00000320. The first-order valence-corrected chi connectivity index (χ1v) is 12.6. The molecule has 0 unspecified atom stereocenters. The standard InChI is InChI=1S/C21H33FN4O2S.HI/c1-3-23-21(24-10-11-26(20-8-9-20)14-16-4-5-16)25-13-18-12-19(22)7-6-17(18)15-29(2,27)28;/h6-7,12,16,20H,3-5,8-11,13-15H2,1-2H3,(H2,23,24,25);1H. The van der Waals surface area contributed by atoms with Gasteiger partial charge in [-0.05, 0) is 61.8 Å². The molecule has 30 heavy (non-hydrogen) atoms. The van der Waals surface area contributed by atoms with Gasteiger partial charge in [0.05, 0.1) is 12.3 Å². The minimum absolute atomic E-state index is 0. The van der Waals surface area contributed by atoms with Crippen LogP contribution < -0.4 is 10.6 Å². The molecule has 3 rings (SSSR count). The van der Waals surface area contributed by atoms with E-state index in [9.17, 15) is 12.8 Å². The van der Waals surface area contributed by atoms with Crippen LogP contribution in [0.15, 0.2) is 23.2 Å². The molecule has 6 nitrogen and oxygen atoms in total. The second kappa shape index (κ2) is 11.6. The van der Waals surface area contributed by atoms with Gasteiger partial charge in [-0.2, -0.15) is 0 Å². The highest BCUT2D eigenvalue weighted by atomic mass is 127. The van der Waals surface area contributed by atoms with Crippen molar-refractivity contribution >= 4 is 39.8 Å². The number of sulfone groups is 1. The summed E-state index contributed by atoms with van der Waals surface area (Å²) in [7, 11) is -3.20. The molecule has 0 spiro atoms. The maximum Gasteiger partial charge on any atom is 0.191 e. The first kappa shape index (κ1) is 25.3. The molecule has 2 aliphatic rings. The van der Waals surface area contributed by atoms with Crippen molar-refractivity contribution in [2.24, 2.45) is 10.9 Å². The Morgan fingerprint density at radius 3 is 2.53 bits per heavy atom. The predicted octanol–water partition coefficient (Wildman–Crippen LogP) is 2.92. The van der Waals surface area contributed by atoms with E-state index in [1.807, 2.05) is 6.92 Å². The van der Waals surface area contributed by atoms with Crippen molar-refractivity contribution in [1.82, 2.24) is 15.5 Å². The summed E-state index contributed by atoms with van der Waals surface area (Å²) < 4.78 is 37.0. The summed E-state index contributed by atoms with van der Waals surface area (Å²) in [5.41, 5.74) is 1.19. The SMILES string of the molecule is CCNC(=NCc1cc(F)ccc1CS(C)(=O)=O)NCCN(CC1CC1)C1CC1.I. The summed E-state index contributed by atoms with van der Waals surface area (Å²) in [6.07, 6.45) is 6.53. The molecule has 0 heterocycles. The maximum absolute atomic E-state index is 13.7. The average Bonchev–Trinajstić information content (AvgIpc) is 3.52. The summed E-state index contributed by atoms with van der Waals surface area (Å²) in [5, 5.41) is 6.58. The number of hydrogen-bond acceptors (Lipinski definition) is 4. The van der Waals surface area contributed by atoms with Crippen molar-refractivity contribution in [1.29, 1.82) is 0 Å². The Morgan fingerprint density at radius 2 is 1.93 bits per heavy atom. The Hall–Kier alpha value is -0.940. The summed E-state index contributed by atoms with van der Waals surface area (Å²) in [5.74, 6) is 1.06. The Morgan fingerprint density at radius 1 is 1.20 bits per heavy atom. The van der Waals surface area contributed by atoms with Crippen LogP contribution in [0, 0.1) is 11.7 Å². The van der Waals surface area contributed by atoms with Gasteiger partial charge in [0, 0.05) is 38.5 Å². The largest absolute Gasteiger partial charge is 0.357 e. The monoisotopic (exact) mass is 552 g/mol. The molecular formula is C21H34FIN4O2S. The van der Waals surface area contributed by atoms with Gasteiger partial charge in [-0.25, -0.2) is 17.8 Å². The van der Waals surface area contributed by atoms with Gasteiger partial charge in [-0.3, -0.25) is 4.90 Å². The van der Waals surface area contributed by atoms with Gasteiger partial charge < -0.3 is 10.6 Å². The number of nitrogens with one attached hydrogen (secondary N) is 2. The van der Waals surface area contributed by atoms with Crippen LogP contribution in [-0.4, -0.2) is 57.8 Å². The lowest BCUT2D eigenvalue weighted by Gasteiger charge is -2.22. The number of aliphatic imine (C=N–C) groups is 1.